The van der Waals surface area contributed by atoms with Gasteiger partial charge in [0.1, 0.15) is 18.0 Å². The maximum Gasteiger partial charge on any atom is 0.416 e. The van der Waals surface area contributed by atoms with Gasteiger partial charge in [0, 0.05) is 31.3 Å². The van der Waals surface area contributed by atoms with E-state index in [9.17, 15) is 33.2 Å². The summed E-state index contributed by atoms with van der Waals surface area (Å²) in [6.45, 7) is -0.0664. The molecular formula is C26H19F3N5O5+. The molecule has 0 spiro atoms. The Bertz CT molecular complexity index is 1780. The summed E-state index contributed by atoms with van der Waals surface area (Å²) >= 11 is 0. The van der Waals surface area contributed by atoms with Gasteiger partial charge in [-0.25, -0.2) is 9.48 Å². The second-order valence-electron chi connectivity index (χ2n) is 8.55. The van der Waals surface area contributed by atoms with Crippen molar-refractivity contribution in [2.45, 2.75) is 12.7 Å². The zero-order chi connectivity index (χ0) is 27.9. The quantitative estimate of drug-likeness (QED) is 0.194. The average molecular weight is 538 g/mol. The summed E-state index contributed by atoms with van der Waals surface area (Å²) in [6, 6.07) is 16.0. The lowest BCUT2D eigenvalue weighted by molar-refractivity contribution is -0.672. The molecule has 0 radical (unpaired) electrons. The Morgan fingerprint density at radius 3 is 2.51 bits per heavy atom. The number of pyridine rings is 1. The lowest BCUT2D eigenvalue weighted by Crippen LogP contribution is -2.41. The number of non-ortho nitro benzene ring substituents is 1. The number of hydrogen-bond donors (Lipinski definition) is 1. The van der Waals surface area contributed by atoms with Crippen molar-refractivity contribution in [2.24, 2.45) is 7.05 Å². The number of alkyl halides is 3. The van der Waals surface area contributed by atoms with E-state index in [-0.39, 0.29) is 34.9 Å². The van der Waals surface area contributed by atoms with Gasteiger partial charge < -0.3 is 9.84 Å². The molecule has 13 heteroatoms. The molecule has 1 N–H and O–H groups in total. The van der Waals surface area contributed by atoms with Gasteiger partial charge in [-0.15, -0.1) is 0 Å². The van der Waals surface area contributed by atoms with E-state index in [0.29, 0.717) is 11.4 Å². The highest BCUT2D eigenvalue weighted by Gasteiger charge is 2.32. The van der Waals surface area contributed by atoms with E-state index in [0.717, 1.165) is 12.1 Å². The molecule has 2 aromatic carbocycles. The van der Waals surface area contributed by atoms with Crippen molar-refractivity contribution >= 4 is 11.3 Å². The normalized spacial score (nSPS) is 11.6. The summed E-state index contributed by atoms with van der Waals surface area (Å²) in [5, 5.41) is 26.5. The van der Waals surface area contributed by atoms with Gasteiger partial charge in [-0.05, 0) is 35.9 Å². The van der Waals surface area contributed by atoms with Crippen LogP contribution in [-0.2, 0) is 19.8 Å². The lowest BCUT2D eigenvalue weighted by atomic mass is 10.0. The molecule has 0 atom stereocenters. The Hall–Kier alpha value is -5.20. The lowest BCUT2D eigenvalue weighted by Gasteiger charge is -2.11. The van der Waals surface area contributed by atoms with Crippen LogP contribution < -0.4 is 14.9 Å². The van der Waals surface area contributed by atoms with E-state index >= 15 is 0 Å². The standard InChI is InChI=1S/C26H18F3N5O5/c1-31-22(39-20-10-8-19(9-11-20)34(37)38)14-18(30-31)15-33-21-7-2-3-12-32(21)24(35)23(25(33)36)16-5-4-6-17(13-16)26(27,28)29/h2-14H,15H2,1H3/p+1. The number of nitrogens with zero attached hydrogens (tertiary/aromatic N) is 5. The fourth-order valence-corrected chi connectivity index (χ4v) is 4.14. The first-order chi connectivity index (χ1) is 18.5. The Balaban J connectivity index is 1.56. The predicted molar refractivity (Wildman–Crippen MR) is 131 cm³/mol. The van der Waals surface area contributed by atoms with Crippen LogP contribution in [0, 0.1) is 10.1 Å². The second-order valence-corrected chi connectivity index (χ2v) is 8.55. The highest BCUT2D eigenvalue weighted by Crippen LogP contribution is 2.33. The van der Waals surface area contributed by atoms with Gasteiger partial charge in [0.15, 0.2) is 5.56 Å². The van der Waals surface area contributed by atoms with E-state index < -0.39 is 28.1 Å². The average Bonchev–Trinajstić information content (AvgIpc) is 3.25. The van der Waals surface area contributed by atoms with Gasteiger partial charge >= 0.3 is 11.7 Å². The summed E-state index contributed by atoms with van der Waals surface area (Å²) in [6.07, 6.45) is -3.19. The Morgan fingerprint density at radius 2 is 1.82 bits per heavy atom. The molecule has 3 aromatic heterocycles. The smallest absolute Gasteiger partial charge is 0.416 e. The molecule has 5 aromatic rings. The highest BCUT2D eigenvalue weighted by molar-refractivity contribution is 5.68. The van der Waals surface area contributed by atoms with Crippen molar-refractivity contribution < 1.29 is 32.5 Å². The number of nitro groups is 1. The maximum atomic E-state index is 13.4. The van der Waals surface area contributed by atoms with Crippen LogP contribution in [0.1, 0.15) is 11.3 Å². The minimum atomic E-state index is -4.64. The number of fused-ring (bicyclic) bond motifs is 1. The monoisotopic (exact) mass is 538 g/mol. The summed E-state index contributed by atoms with van der Waals surface area (Å²) in [5.74, 6) is 0.0812. The number of aryl methyl sites for hydroxylation is 1. The van der Waals surface area contributed by atoms with E-state index in [1.165, 1.54) is 56.2 Å². The van der Waals surface area contributed by atoms with Crippen LogP contribution in [0.4, 0.5) is 18.9 Å². The SMILES string of the molecule is Cn1nc(C[n+]2c(O)c(-c3cccc(C(F)(F)F)c3)c(=O)n3ccccc32)cc1Oc1ccc([N+](=O)[O-])cc1. The van der Waals surface area contributed by atoms with E-state index in [2.05, 4.69) is 5.10 Å². The molecule has 0 unspecified atom stereocenters. The molecule has 198 valence electrons. The fraction of sp³-hybridized carbons (Fsp3) is 0.115. The number of hydrogen-bond acceptors (Lipinski definition) is 6. The molecule has 0 aliphatic rings. The van der Waals surface area contributed by atoms with Crippen LogP contribution in [0.2, 0.25) is 0 Å². The van der Waals surface area contributed by atoms with Crippen LogP contribution in [0.15, 0.2) is 83.8 Å². The number of rotatable bonds is 6. The first-order valence-corrected chi connectivity index (χ1v) is 11.4. The van der Waals surface area contributed by atoms with Crippen LogP contribution in [0.5, 0.6) is 17.5 Å². The van der Waals surface area contributed by atoms with Gasteiger partial charge in [-0.2, -0.15) is 27.2 Å². The van der Waals surface area contributed by atoms with Crippen molar-refractivity contribution in [3.05, 3.63) is 111 Å². The third-order valence-electron chi connectivity index (χ3n) is 5.98. The molecule has 0 saturated carbocycles. The van der Waals surface area contributed by atoms with Gasteiger partial charge in [0.05, 0.1) is 16.7 Å². The van der Waals surface area contributed by atoms with Crippen molar-refractivity contribution in [3.8, 4) is 28.6 Å². The molecule has 0 aliphatic carbocycles. The third-order valence-corrected chi connectivity index (χ3v) is 5.98. The molecule has 0 fully saturated rings. The summed E-state index contributed by atoms with van der Waals surface area (Å²) in [5.41, 5.74) is -1.47. The molecule has 0 amide bonds. The van der Waals surface area contributed by atoms with Crippen LogP contribution >= 0.6 is 0 Å². The first-order valence-electron chi connectivity index (χ1n) is 11.4. The zero-order valence-electron chi connectivity index (χ0n) is 20.2. The predicted octanol–water partition coefficient (Wildman–Crippen LogP) is 4.46. The van der Waals surface area contributed by atoms with Gasteiger partial charge in [-0.3, -0.25) is 10.1 Å². The highest BCUT2D eigenvalue weighted by atomic mass is 19.4. The molecular weight excluding hydrogens is 519 g/mol. The molecule has 5 rings (SSSR count). The van der Waals surface area contributed by atoms with E-state index in [1.54, 1.807) is 31.3 Å². The molecule has 0 saturated heterocycles. The topological polar surface area (TPSA) is 116 Å². The maximum absolute atomic E-state index is 13.4. The molecule has 39 heavy (non-hydrogen) atoms. The summed E-state index contributed by atoms with van der Waals surface area (Å²) < 4.78 is 49.8. The molecule has 10 nitrogen and oxygen atoms in total. The summed E-state index contributed by atoms with van der Waals surface area (Å²) in [7, 11) is 1.61. The van der Waals surface area contributed by atoms with E-state index in [4.69, 9.17) is 4.74 Å². The van der Waals surface area contributed by atoms with Crippen LogP contribution in [0.25, 0.3) is 16.8 Å². The van der Waals surface area contributed by atoms with Crippen molar-refractivity contribution in [2.75, 3.05) is 0 Å². The van der Waals surface area contributed by atoms with Crippen molar-refractivity contribution in [3.63, 3.8) is 0 Å². The fourth-order valence-electron chi connectivity index (χ4n) is 4.14. The molecule has 3 heterocycles. The van der Waals surface area contributed by atoms with Crippen molar-refractivity contribution in [1.29, 1.82) is 0 Å². The minimum absolute atomic E-state index is 0.0664. The molecule has 0 aliphatic heterocycles. The first kappa shape index (κ1) is 25.4. The zero-order valence-corrected chi connectivity index (χ0v) is 20.2. The number of halogens is 3. The minimum Gasteiger partial charge on any atom is -0.477 e. The van der Waals surface area contributed by atoms with Crippen LogP contribution in [0.3, 0.4) is 0 Å². The second kappa shape index (κ2) is 9.59. The Morgan fingerprint density at radius 1 is 1.08 bits per heavy atom. The number of aromatic nitrogens is 4. The largest absolute Gasteiger partial charge is 0.477 e. The number of benzene rings is 2. The van der Waals surface area contributed by atoms with Crippen molar-refractivity contribution in [1.82, 2.24) is 14.2 Å². The van der Waals surface area contributed by atoms with E-state index in [1.807, 2.05) is 0 Å². The Kier molecular flexibility index (Phi) is 6.26. The molecule has 0 bridgehead atoms. The van der Waals surface area contributed by atoms with Crippen LogP contribution in [-0.4, -0.2) is 24.2 Å². The number of nitro benzene ring substituents is 1. The summed E-state index contributed by atoms with van der Waals surface area (Å²) in [4.78, 5) is 23.6. The number of ether oxygens (including phenoxy) is 1. The van der Waals surface area contributed by atoms with Gasteiger partial charge in [-0.1, -0.05) is 18.2 Å². The van der Waals surface area contributed by atoms with Gasteiger partial charge in [0.25, 0.3) is 17.2 Å². The van der Waals surface area contributed by atoms with Gasteiger partial charge in [0.2, 0.25) is 5.88 Å². The Labute approximate surface area is 217 Å². The number of aromatic hydroxyl groups is 1. The third kappa shape index (κ3) is 4.89.